The average molecular weight is 358 g/mol. The lowest BCUT2D eigenvalue weighted by Crippen LogP contribution is -2.34. The molecule has 1 atom stereocenters. The van der Waals surface area contributed by atoms with Crippen molar-refractivity contribution in [3.05, 3.63) is 41.3 Å². The highest BCUT2D eigenvalue weighted by molar-refractivity contribution is 5.93. The molecule has 8 heteroatoms. The van der Waals surface area contributed by atoms with Crippen molar-refractivity contribution in [2.45, 2.75) is 26.1 Å². The van der Waals surface area contributed by atoms with Crippen molar-refractivity contribution in [3.8, 4) is 0 Å². The number of nitrogens with one attached hydrogen (secondary N) is 1. The number of fused-ring (bicyclic) bond motifs is 1. The third-order valence-corrected chi connectivity index (χ3v) is 4.37. The van der Waals surface area contributed by atoms with Crippen LogP contribution in [0.15, 0.2) is 24.4 Å². The summed E-state index contributed by atoms with van der Waals surface area (Å²) in [6.07, 6.45) is 1.02. The molecular formula is C18H26N6O2. The summed E-state index contributed by atoms with van der Waals surface area (Å²) in [7, 11) is 3.86. The first-order valence-electron chi connectivity index (χ1n) is 8.86. The van der Waals surface area contributed by atoms with Crippen molar-refractivity contribution in [3.63, 3.8) is 0 Å². The van der Waals surface area contributed by atoms with Crippen molar-refractivity contribution >= 4 is 11.7 Å². The fourth-order valence-electron chi connectivity index (χ4n) is 3.06. The molecule has 1 amide bonds. The molecule has 8 nitrogen and oxygen atoms in total. The van der Waals surface area contributed by atoms with Crippen molar-refractivity contribution in [1.29, 1.82) is 0 Å². The number of aliphatic hydroxyl groups excluding tert-OH is 1. The second kappa shape index (κ2) is 7.84. The van der Waals surface area contributed by atoms with E-state index in [1.807, 2.05) is 42.7 Å². The van der Waals surface area contributed by atoms with E-state index in [2.05, 4.69) is 20.3 Å². The van der Waals surface area contributed by atoms with Crippen LogP contribution in [-0.2, 0) is 13.1 Å². The number of pyridine rings is 1. The molecule has 3 heterocycles. The lowest BCUT2D eigenvalue weighted by Gasteiger charge is -2.28. The molecule has 0 radical (unpaired) electrons. The molecule has 1 aliphatic rings. The zero-order valence-corrected chi connectivity index (χ0v) is 15.5. The van der Waals surface area contributed by atoms with Crippen LogP contribution in [0.2, 0.25) is 0 Å². The van der Waals surface area contributed by atoms with Gasteiger partial charge in [0.05, 0.1) is 30.0 Å². The third kappa shape index (κ3) is 4.03. The van der Waals surface area contributed by atoms with Crippen LogP contribution in [0.5, 0.6) is 0 Å². The van der Waals surface area contributed by atoms with Gasteiger partial charge in [-0.3, -0.25) is 9.48 Å². The fraction of sp³-hybridized carbons (Fsp3) is 0.500. The van der Waals surface area contributed by atoms with E-state index >= 15 is 0 Å². The van der Waals surface area contributed by atoms with Crippen molar-refractivity contribution < 1.29 is 9.90 Å². The van der Waals surface area contributed by atoms with Gasteiger partial charge in [0.2, 0.25) is 0 Å². The highest BCUT2D eigenvalue weighted by atomic mass is 16.3. The maximum atomic E-state index is 11.8. The first-order valence-corrected chi connectivity index (χ1v) is 8.86. The predicted octanol–water partition coefficient (Wildman–Crippen LogP) is 0.643. The van der Waals surface area contributed by atoms with Crippen LogP contribution < -0.4 is 10.2 Å². The molecule has 2 aromatic rings. The number of anilines is 1. The second-order valence-electron chi connectivity index (χ2n) is 6.75. The van der Waals surface area contributed by atoms with Crippen LogP contribution in [0.3, 0.4) is 0 Å². The Kier molecular flexibility index (Phi) is 5.53. The van der Waals surface area contributed by atoms with E-state index in [0.717, 1.165) is 24.6 Å². The van der Waals surface area contributed by atoms with Gasteiger partial charge >= 0.3 is 0 Å². The Morgan fingerprint density at radius 3 is 2.85 bits per heavy atom. The van der Waals surface area contributed by atoms with E-state index in [1.54, 1.807) is 12.3 Å². The molecule has 26 heavy (non-hydrogen) atoms. The quantitative estimate of drug-likeness (QED) is 0.788. The van der Waals surface area contributed by atoms with Gasteiger partial charge in [0.15, 0.2) is 0 Å². The molecule has 1 aliphatic heterocycles. The lowest BCUT2D eigenvalue weighted by molar-refractivity contribution is 0.0955. The minimum Gasteiger partial charge on any atom is -0.385 e. The number of carbonyl (C=O) groups excluding carboxylic acids is 1. The molecule has 0 bridgehead atoms. The molecule has 140 valence electrons. The van der Waals surface area contributed by atoms with E-state index in [-0.39, 0.29) is 5.91 Å². The number of aliphatic hydroxyl groups is 1. The molecule has 2 N–H and O–H groups in total. The van der Waals surface area contributed by atoms with E-state index in [0.29, 0.717) is 30.9 Å². The molecule has 0 unspecified atom stereocenters. The van der Waals surface area contributed by atoms with Crippen LogP contribution in [0.1, 0.15) is 34.8 Å². The van der Waals surface area contributed by atoms with Gasteiger partial charge in [-0.15, -0.1) is 0 Å². The van der Waals surface area contributed by atoms with Gasteiger partial charge < -0.3 is 20.2 Å². The van der Waals surface area contributed by atoms with Gasteiger partial charge in [0.1, 0.15) is 11.9 Å². The van der Waals surface area contributed by atoms with Crippen LogP contribution in [0, 0.1) is 0 Å². The maximum Gasteiger partial charge on any atom is 0.252 e. The van der Waals surface area contributed by atoms with E-state index < -0.39 is 6.10 Å². The number of rotatable bonds is 6. The van der Waals surface area contributed by atoms with Crippen molar-refractivity contribution in [1.82, 2.24) is 25.0 Å². The number of amides is 1. The van der Waals surface area contributed by atoms with E-state index in [4.69, 9.17) is 0 Å². The SMILES string of the molecule is CCNC(=O)c1ccc(N2CCn3nc([C@H](O)CN(C)C)cc3C2)nc1. The summed E-state index contributed by atoms with van der Waals surface area (Å²) in [5.74, 6) is 0.726. The Labute approximate surface area is 153 Å². The predicted molar refractivity (Wildman–Crippen MR) is 99.0 cm³/mol. The monoisotopic (exact) mass is 358 g/mol. The smallest absolute Gasteiger partial charge is 0.252 e. The number of likely N-dealkylation sites (N-methyl/N-ethyl adjacent to an activating group) is 1. The van der Waals surface area contributed by atoms with Gasteiger partial charge in [-0.05, 0) is 39.2 Å². The van der Waals surface area contributed by atoms with E-state index in [1.165, 1.54) is 0 Å². The zero-order chi connectivity index (χ0) is 18.7. The standard InChI is InChI=1S/C18H26N6O2/c1-4-19-18(26)13-5-6-17(20-10-13)23-7-8-24-14(11-23)9-15(21-24)16(25)12-22(2)3/h5-6,9-10,16,25H,4,7-8,11-12H2,1-3H3,(H,19,26)/t16-/m1/s1. The Morgan fingerprint density at radius 2 is 2.19 bits per heavy atom. The molecule has 0 aliphatic carbocycles. The molecule has 0 fully saturated rings. The number of aromatic nitrogens is 3. The molecule has 0 saturated heterocycles. The summed E-state index contributed by atoms with van der Waals surface area (Å²) in [5.41, 5.74) is 2.32. The molecule has 0 spiro atoms. The van der Waals surface area contributed by atoms with Crippen molar-refractivity contribution in [2.24, 2.45) is 0 Å². The Balaban J connectivity index is 1.70. The van der Waals surface area contributed by atoms with Gasteiger partial charge in [-0.2, -0.15) is 5.10 Å². The highest BCUT2D eigenvalue weighted by Gasteiger charge is 2.22. The molecule has 0 saturated carbocycles. The first-order chi connectivity index (χ1) is 12.5. The van der Waals surface area contributed by atoms with Gasteiger partial charge in [-0.1, -0.05) is 0 Å². The number of carbonyl (C=O) groups is 1. The summed E-state index contributed by atoms with van der Waals surface area (Å²) in [4.78, 5) is 20.4. The van der Waals surface area contributed by atoms with Gasteiger partial charge in [0, 0.05) is 25.8 Å². The summed E-state index contributed by atoms with van der Waals surface area (Å²) < 4.78 is 1.95. The van der Waals surface area contributed by atoms with Gasteiger partial charge in [-0.25, -0.2) is 4.98 Å². The summed E-state index contributed by atoms with van der Waals surface area (Å²) in [5, 5.41) is 17.6. The minimum absolute atomic E-state index is 0.109. The van der Waals surface area contributed by atoms with Crippen LogP contribution >= 0.6 is 0 Å². The Bertz CT molecular complexity index is 756. The number of nitrogens with zero attached hydrogens (tertiary/aromatic N) is 5. The van der Waals surface area contributed by atoms with Crippen LogP contribution in [0.25, 0.3) is 0 Å². The van der Waals surface area contributed by atoms with E-state index in [9.17, 15) is 9.90 Å². The Morgan fingerprint density at radius 1 is 1.38 bits per heavy atom. The summed E-state index contributed by atoms with van der Waals surface area (Å²) in [6.45, 7) is 5.23. The number of hydrogen-bond donors (Lipinski definition) is 2. The van der Waals surface area contributed by atoms with Crippen molar-refractivity contribution in [2.75, 3.05) is 38.6 Å². The van der Waals surface area contributed by atoms with Crippen LogP contribution in [-0.4, -0.2) is 64.4 Å². The Hall–Kier alpha value is -2.45. The normalized spacial score (nSPS) is 15.0. The second-order valence-corrected chi connectivity index (χ2v) is 6.75. The molecular weight excluding hydrogens is 332 g/mol. The minimum atomic E-state index is -0.592. The van der Waals surface area contributed by atoms with Crippen LogP contribution in [0.4, 0.5) is 5.82 Å². The summed E-state index contributed by atoms with van der Waals surface area (Å²) in [6, 6.07) is 5.63. The largest absolute Gasteiger partial charge is 0.385 e. The molecule has 0 aromatic carbocycles. The average Bonchev–Trinajstić information content (AvgIpc) is 3.05. The highest BCUT2D eigenvalue weighted by Crippen LogP contribution is 2.22. The topological polar surface area (TPSA) is 86.5 Å². The number of hydrogen-bond acceptors (Lipinski definition) is 6. The third-order valence-electron chi connectivity index (χ3n) is 4.37. The fourth-order valence-corrected chi connectivity index (χ4v) is 3.06. The lowest BCUT2D eigenvalue weighted by atomic mass is 10.2. The maximum absolute atomic E-state index is 11.8. The zero-order valence-electron chi connectivity index (χ0n) is 15.5. The first kappa shape index (κ1) is 18.3. The van der Waals surface area contributed by atoms with Gasteiger partial charge in [0.25, 0.3) is 5.91 Å². The molecule has 3 rings (SSSR count). The molecule has 2 aromatic heterocycles. The summed E-state index contributed by atoms with van der Waals surface area (Å²) >= 11 is 0.